The van der Waals surface area contributed by atoms with Crippen molar-refractivity contribution < 1.29 is 15.0 Å². The molecule has 0 radical (unpaired) electrons. The number of carboxylic acids is 1. The van der Waals surface area contributed by atoms with Gasteiger partial charge in [0.2, 0.25) is 0 Å². The lowest BCUT2D eigenvalue weighted by atomic mass is 10.2. The van der Waals surface area contributed by atoms with Crippen LogP contribution in [0, 0.1) is 0 Å². The summed E-state index contributed by atoms with van der Waals surface area (Å²) in [5.74, 6) is -0.879. The number of unbranched alkanes of at least 4 members (excludes halogenated alkanes) is 2. The summed E-state index contributed by atoms with van der Waals surface area (Å²) in [6.07, 6.45) is 6.26. The Morgan fingerprint density at radius 3 is 2.31 bits per heavy atom. The summed E-state index contributed by atoms with van der Waals surface area (Å²) < 4.78 is 0. The predicted molar refractivity (Wildman–Crippen MR) is 64.7 cm³/mol. The molecule has 0 bridgehead atoms. The molecule has 0 amide bonds. The van der Waals surface area contributed by atoms with E-state index in [1.807, 2.05) is 0 Å². The molecule has 16 heavy (non-hydrogen) atoms. The largest absolute Gasteiger partial charge is 0.516 e. The molecule has 0 spiro atoms. The molecule has 2 N–H and O–H groups in total. The molecular formula is C13H18O3. The van der Waals surface area contributed by atoms with Crippen LogP contribution in [0.5, 0.6) is 0 Å². The van der Waals surface area contributed by atoms with E-state index in [4.69, 9.17) is 10.2 Å². The average Bonchev–Trinajstić information content (AvgIpc) is 2.32. The first-order valence-electron chi connectivity index (χ1n) is 5.30. The number of hydrogen-bond acceptors (Lipinski definition) is 2. The summed E-state index contributed by atoms with van der Waals surface area (Å²) in [5, 5.41) is 16.5. The van der Waals surface area contributed by atoms with Crippen molar-refractivity contribution in [1.29, 1.82) is 0 Å². The molecule has 0 aliphatic heterocycles. The molecule has 0 saturated heterocycles. The van der Waals surface area contributed by atoms with Crippen molar-refractivity contribution in [2.75, 3.05) is 0 Å². The van der Waals surface area contributed by atoms with E-state index < -0.39 is 5.97 Å². The summed E-state index contributed by atoms with van der Waals surface area (Å²) in [5.41, 5.74) is 0.331. The van der Waals surface area contributed by atoms with E-state index in [9.17, 15) is 4.79 Å². The van der Waals surface area contributed by atoms with Crippen molar-refractivity contribution in [3.8, 4) is 0 Å². The third-order valence-electron chi connectivity index (χ3n) is 1.85. The molecule has 0 aliphatic rings. The minimum absolute atomic E-state index is 0.331. The summed E-state index contributed by atoms with van der Waals surface area (Å²) in [6, 6.07) is 8.30. The molecule has 3 heteroatoms. The van der Waals surface area contributed by atoms with Gasteiger partial charge in [-0.25, -0.2) is 4.79 Å². The fourth-order valence-electron chi connectivity index (χ4n) is 0.977. The van der Waals surface area contributed by atoms with Crippen LogP contribution in [0.3, 0.4) is 0 Å². The van der Waals surface area contributed by atoms with Crippen LogP contribution in [0.4, 0.5) is 0 Å². The Balaban J connectivity index is 0.000000293. The molecule has 0 heterocycles. The van der Waals surface area contributed by atoms with Gasteiger partial charge in [-0.1, -0.05) is 37.6 Å². The van der Waals surface area contributed by atoms with Crippen molar-refractivity contribution in [1.82, 2.24) is 0 Å². The van der Waals surface area contributed by atoms with Gasteiger partial charge in [-0.05, 0) is 25.0 Å². The molecule has 1 rings (SSSR count). The summed E-state index contributed by atoms with van der Waals surface area (Å²) in [7, 11) is 0. The average molecular weight is 222 g/mol. The number of carboxylic acid groups (broad SMARTS) is 1. The number of rotatable bonds is 4. The van der Waals surface area contributed by atoms with Crippen molar-refractivity contribution in [3.05, 3.63) is 48.2 Å². The van der Waals surface area contributed by atoms with E-state index in [1.165, 1.54) is 12.8 Å². The molecule has 0 fully saturated rings. The highest BCUT2D eigenvalue weighted by Crippen LogP contribution is 1.96. The van der Waals surface area contributed by atoms with Gasteiger partial charge in [0.25, 0.3) is 0 Å². The van der Waals surface area contributed by atoms with Crippen LogP contribution in [-0.4, -0.2) is 16.2 Å². The van der Waals surface area contributed by atoms with Gasteiger partial charge in [0.15, 0.2) is 0 Å². The lowest BCUT2D eigenvalue weighted by Crippen LogP contribution is -1.93. The molecule has 3 nitrogen and oxygen atoms in total. The molecule has 0 unspecified atom stereocenters. The third kappa shape index (κ3) is 7.62. The van der Waals surface area contributed by atoms with Crippen LogP contribution >= 0.6 is 0 Å². The fraction of sp³-hybridized carbons (Fsp3) is 0.308. The topological polar surface area (TPSA) is 57.5 Å². The Bertz CT molecular complexity index is 304. The first-order valence-corrected chi connectivity index (χ1v) is 5.30. The third-order valence-corrected chi connectivity index (χ3v) is 1.85. The Labute approximate surface area is 96.1 Å². The number of allylic oxidation sites excluding steroid dienone is 1. The fourth-order valence-corrected chi connectivity index (χ4v) is 0.977. The van der Waals surface area contributed by atoms with Crippen LogP contribution in [0.25, 0.3) is 0 Å². The molecule has 0 saturated carbocycles. The van der Waals surface area contributed by atoms with E-state index in [2.05, 4.69) is 6.92 Å². The highest BCUT2D eigenvalue weighted by Gasteiger charge is 1.96. The maximum atomic E-state index is 10.2. The molecule has 88 valence electrons. The van der Waals surface area contributed by atoms with Gasteiger partial charge < -0.3 is 10.2 Å². The predicted octanol–water partition coefficient (Wildman–Crippen LogP) is 3.63. The maximum absolute atomic E-state index is 10.2. The van der Waals surface area contributed by atoms with Gasteiger partial charge in [-0.15, -0.1) is 0 Å². The second-order valence-corrected chi connectivity index (χ2v) is 3.20. The van der Waals surface area contributed by atoms with Gasteiger partial charge in [0, 0.05) is 0 Å². The number of aliphatic hydroxyl groups is 1. The van der Waals surface area contributed by atoms with Crippen molar-refractivity contribution in [2.45, 2.75) is 26.2 Å². The zero-order chi connectivity index (χ0) is 12.2. The van der Waals surface area contributed by atoms with Crippen LogP contribution in [0.1, 0.15) is 36.5 Å². The Morgan fingerprint density at radius 1 is 1.31 bits per heavy atom. The highest BCUT2D eigenvalue weighted by molar-refractivity contribution is 5.87. The number of carbonyl (C=O) groups is 1. The second-order valence-electron chi connectivity index (χ2n) is 3.20. The lowest BCUT2D eigenvalue weighted by Gasteiger charge is -1.88. The highest BCUT2D eigenvalue weighted by atomic mass is 16.4. The molecule has 0 atom stereocenters. The van der Waals surface area contributed by atoms with Gasteiger partial charge >= 0.3 is 5.97 Å². The van der Waals surface area contributed by atoms with E-state index in [0.29, 0.717) is 5.56 Å². The van der Waals surface area contributed by atoms with Crippen molar-refractivity contribution in [3.63, 3.8) is 0 Å². The Morgan fingerprint density at radius 2 is 1.94 bits per heavy atom. The zero-order valence-corrected chi connectivity index (χ0v) is 9.47. The molecule has 1 aromatic carbocycles. The summed E-state index contributed by atoms with van der Waals surface area (Å²) in [4.78, 5) is 10.2. The number of hydrogen-bond donors (Lipinski definition) is 2. The molecule has 0 aliphatic carbocycles. The Kier molecular flexibility index (Phi) is 8.69. The van der Waals surface area contributed by atoms with Crippen LogP contribution in [0.15, 0.2) is 42.7 Å². The first-order chi connectivity index (χ1) is 7.72. The zero-order valence-electron chi connectivity index (χ0n) is 9.47. The van der Waals surface area contributed by atoms with Gasteiger partial charge in [0.05, 0.1) is 11.8 Å². The SMILES string of the molecule is CCCCC=CO.O=C(O)c1ccccc1. The van der Waals surface area contributed by atoms with E-state index in [-0.39, 0.29) is 0 Å². The van der Waals surface area contributed by atoms with E-state index >= 15 is 0 Å². The minimum Gasteiger partial charge on any atom is -0.516 e. The number of aromatic carboxylic acids is 1. The van der Waals surface area contributed by atoms with Crippen molar-refractivity contribution >= 4 is 5.97 Å². The van der Waals surface area contributed by atoms with Crippen LogP contribution < -0.4 is 0 Å². The summed E-state index contributed by atoms with van der Waals surface area (Å²) >= 11 is 0. The monoisotopic (exact) mass is 222 g/mol. The van der Waals surface area contributed by atoms with E-state index in [1.54, 1.807) is 36.4 Å². The summed E-state index contributed by atoms with van der Waals surface area (Å²) in [6.45, 7) is 2.13. The molecule has 0 aromatic heterocycles. The number of benzene rings is 1. The van der Waals surface area contributed by atoms with E-state index in [0.717, 1.165) is 12.7 Å². The Hall–Kier alpha value is -1.77. The number of aliphatic hydroxyl groups excluding tert-OH is 1. The quantitative estimate of drug-likeness (QED) is 0.604. The maximum Gasteiger partial charge on any atom is 0.335 e. The first kappa shape index (κ1) is 14.2. The standard InChI is InChI=1S/C7H6O2.C6H12O/c8-7(9)6-4-2-1-3-5-6;1-2-3-4-5-6-7/h1-5H,(H,8,9);5-7H,2-4H2,1H3. The second kappa shape index (κ2) is 9.77. The lowest BCUT2D eigenvalue weighted by molar-refractivity contribution is 0.0697. The smallest absolute Gasteiger partial charge is 0.335 e. The molecular weight excluding hydrogens is 204 g/mol. The molecule has 1 aromatic rings. The van der Waals surface area contributed by atoms with Crippen LogP contribution in [-0.2, 0) is 0 Å². The van der Waals surface area contributed by atoms with Crippen molar-refractivity contribution in [2.24, 2.45) is 0 Å². The van der Waals surface area contributed by atoms with Crippen LogP contribution in [0.2, 0.25) is 0 Å². The normalized spacial score (nSPS) is 9.56. The van der Waals surface area contributed by atoms with Gasteiger partial charge in [0.1, 0.15) is 0 Å². The minimum atomic E-state index is -0.879. The van der Waals surface area contributed by atoms with Gasteiger partial charge in [-0.2, -0.15) is 0 Å². The van der Waals surface area contributed by atoms with Gasteiger partial charge in [-0.3, -0.25) is 0 Å².